The molecule has 0 fully saturated rings. The van der Waals surface area contributed by atoms with Gasteiger partial charge in [0.25, 0.3) is 0 Å². The zero-order valence-electron chi connectivity index (χ0n) is 38.2. The molecule has 1 N–H and O–H groups in total. The summed E-state index contributed by atoms with van der Waals surface area (Å²) >= 11 is 0. The Hall–Kier alpha value is -7.94. The Morgan fingerprint density at radius 2 is 0.866 bits per heavy atom. The number of fused-ring (bicyclic) bond motifs is 4. The number of hydrogen-bond acceptors (Lipinski definition) is 2. The van der Waals surface area contributed by atoms with Gasteiger partial charge in [-0.05, 0) is 153 Å². The first-order chi connectivity index (χ1) is 32.9. The van der Waals surface area contributed by atoms with Crippen LogP contribution in [-0.4, -0.2) is 10.7 Å². The third-order valence-electron chi connectivity index (χ3n) is 14.5. The van der Waals surface area contributed by atoms with Gasteiger partial charge in [0.05, 0.1) is 5.71 Å². The number of hydrogen-bond donors (Lipinski definition) is 1. The Labute approximate surface area is 393 Å². The lowest BCUT2D eigenvalue weighted by molar-refractivity contribution is 0.340. The first-order valence-corrected chi connectivity index (χ1v) is 23.7. The molecule has 0 saturated carbocycles. The van der Waals surface area contributed by atoms with Crippen LogP contribution in [0.4, 0.5) is 0 Å². The van der Waals surface area contributed by atoms with Gasteiger partial charge in [0, 0.05) is 18.0 Å². The summed E-state index contributed by atoms with van der Waals surface area (Å²) in [5.74, 6) is 1.08. The minimum atomic E-state index is 0.337. The fraction of sp³-hybridized carbons (Fsp3) is 0.108. The molecule has 3 atom stereocenters. The highest BCUT2D eigenvalue weighted by Crippen LogP contribution is 2.48. The minimum absolute atomic E-state index is 0.337. The number of allylic oxidation sites excluding steroid dienone is 6. The molecule has 1 aliphatic rings. The first-order valence-electron chi connectivity index (χ1n) is 23.7. The van der Waals surface area contributed by atoms with E-state index in [1.54, 1.807) is 0 Å². The quantitative estimate of drug-likeness (QED) is 0.137. The Morgan fingerprint density at radius 3 is 1.36 bits per heavy atom. The average Bonchev–Trinajstić information content (AvgIpc) is 3.39. The van der Waals surface area contributed by atoms with Crippen molar-refractivity contribution in [3.63, 3.8) is 0 Å². The number of benzene rings is 9. The zero-order valence-corrected chi connectivity index (χ0v) is 38.2. The second-order valence-corrected chi connectivity index (χ2v) is 18.3. The first kappa shape index (κ1) is 41.7. The molecular formula is C65H52N2. The summed E-state index contributed by atoms with van der Waals surface area (Å²) in [7, 11) is 0. The molecule has 0 aliphatic heterocycles. The monoisotopic (exact) mass is 860 g/mol. The van der Waals surface area contributed by atoms with E-state index in [4.69, 9.17) is 0 Å². The van der Waals surface area contributed by atoms with Gasteiger partial charge in [-0.25, -0.2) is 0 Å². The summed E-state index contributed by atoms with van der Waals surface area (Å²) in [6.45, 7) is 7.14. The molecule has 11 rings (SSSR count). The largest absolute Gasteiger partial charge is 0.300 e. The highest BCUT2D eigenvalue weighted by atomic mass is 14.6. The van der Waals surface area contributed by atoms with Crippen LogP contribution < -0.4 is 0 Å². The molecule has 67 heavy (non-hydrogen) atoms. The fourth-order valence-electron chi connectivity index (χ4n) is 10.7. The van der Waals surface area contributed by atoms with Crippen molar-refractivity contribution in [1.29, 1.82) is 5.41 Å². The van der Waals surface area contributed by atoms with Crippen LogP contribution in [0.1, 0.15) is 49.8 Å². The maximum absolute atomic E-state index is 10.3. The molecule has 322 valence electrons. The molecule has 0 amide bonds. The van der Waals surface area contributed by atoms with E-state index in [2.05, 4.69) is 238 Å². The molecule has 2 heteroatoms. The van der Waals surface area contributed by atoms with Gasteiger partial charge in [-0.3, -0.25) is 10.4 Å². The molecule has 0 radical (unpaired) electrons. The van der Waals surface area contributed by atoms with Crippen molar-refractivity contribution in [2.24, 2.45) is 11.8 Å². The van der Waals surface area contributed by atoms with Crippen molar-refractivity contribution >= 4 is 59.9 Å². The van der Waals surface area contributed by atoms with Crippen LogP contribution in [-0.2, 0) is 0 Å². The maximum Gasteiger partial charge on any atom is 0.0688 e. The highest BCUT2D eigenvalue weighted by Gasteiger charge is 2.27. The number of pyridine rings is 1. The van der Waals surface area contributed by atoms with Crippen LogP contribution in [0.5, 0.6) is 0 Å². The number of nitrogens with zero attached hydrogens (tertiary/aromatic N) is 1. The van der Waals surface area contributed by atoms with Gasteiger partial charge in [0.15, 0.2) is 0 Å². The SMILES string of the molecule is CC(C/C=C1\C=C(c2c3ccccc3c(-c3ccccc3)c3ccccc23)C=C(c2c3ccccc3c(-c3ccccc3)c3ccccc23)C1=N)C(C)C(C)c1cccc(-c2ccncc2)c1. The van der Waals surface area contributed by atoms with Crippen molar-refractivity contribution in [3.05, 3.63) is 247 Å². The van der Waals surface area contributed by atoms with Crippen LogP contribution >= 0.6 is 0 Å². The molecule has 9 aromatic carbocycles. The number of aromatic nitrogens is 1. The lowest BCUT2D eigenvalue weighted by Gasteiger charge is -2.27. The molecular weight excluding hydrogens is 809 g/mol. The Balaban J connectivity index is 1.10. The molecule has 2 nitrogen and oxygen atoms in total. The maximum atomic E-state index is 10.3. The lowest BCUT2D eigenvalue weighted by atomic mass is 9.77. The fourth-order valence-corrected chi connectivity index (χ4v) is 10.7. The van der Waals surface area contributed by atoms with Crippen molar-refractivity contribution in [2.75, 3.05) is 0 Å². The van der Waals surface area contributed by atoms with Crippen molar-refractivity contribution in [1.82, 2.24) is 4.98 Å². The Kier molecular flexibility index (Phi) is 11.1. The van der Waals surface area contributed by atoms with Crippen LogP contribution in [0, 0.1) is 17.2 Å². The van der Waals surface area contributed by atoms with E-state index >= 15 is 0 Å². The average molecular weight is 861 g/mol. The van der Waals surface area contributed by atoms with E-state index in [-0.39, 0.29) is 0 Å². The second kappa shape index (κ2) is 17.8. The topological polar surface area (TPSA) is 36.7 Å². The number of nitrogens with one attached hydrogen (secondary N) is 1. The smallest absolute Gasteiger partial charge is 0.0688 e. The molecule has 1 aromatic heterocycles. The second-order valence-electron chi connectivity index (χ2n) is 18.3. The van der Waals surface area contributed by atoms with Crippen LogP contribution in [0.3, 0.4) is 0 Å². The summed E-state index contributed by atoms with van der Waals surface area (Å²) < 4.78 is 0. The van der Waals surface area contributed by atoms with E-state index < -0.39 is 0 Å². The summed E-state index contributed by atoms with van der Waals surface area (Å²) in [5.41, 5.74) is 14.5. The third-order valence-corrected chi connectivity index (χ3v) is 14.5. The molecule has 0 saturated heterocycles. The van der Waals surface area contributed by atoms with Crippen LogP contribution in [0.15, 0.2) is 230 Å². The van der Waals surface area contributed by atoms with Gasteiger partial charge >= 0.3 is 0 Å². The normalized spacial score (nSPS) is 14.9. The highest BCUT2D eigenvalue weighted by molar-refractivity contribution is 6.40. The minimum Gasteiger partial charge on any atom is -0.300 e. The number of rotatable bonds is 10. The summed E-state index contributed by atoms with van der Waals surface area (Å²) in [5, 5.41) is 19.8. The van der Waals surface area contributed by atoms with Crippen LogP contribution in [0.2, 0.25) is 0 Å². The standard InChI is InChI=1S/C65H52N2/c1-42(43(2)44(3)48-23-18-24-49(39-48)45-35-37-67-38-36-45)33-34-50-40-51(63-54-27-12-10-25-52(54)61(46-19-6-4-7-20-46)53-26-11-13-28-55(53)63)41-60(65(50)66)64-58-31-16-14-29-56(58)62(47-21-8-5-9-22-47)57-30-15-17-32-59(57)64/h4-32,34-44,66H,33H2,1-3H3/b50-34+,66-65?. The van der Waals surface area contributed by atoms with E-state index in [0.717, 1.165) is 39.5 Å². The Morgan fingerprint density at radius 1 is 0.433 bits per heavy atom. The van der Waals surface area contributed by atoms with Gasteiger partial charge in [0.1, 0.15) is 0 Å². The summed E-state index contributed by atoms with van der Waals surface area (Å²) in [6.07, 6.45) is 11.6. The van der Waals surface area contributed by atoms with Gasteiger partial charge in [0.2, 0.25) is 0 Å². The van der Waals surface area contributed by atoms with E-state index in [1.807, 2.05) is 12.4 Å². The zero-order chi connectivity index (χ0) is 45.4. The van der Waals surface area contributed by atoms with E-state index in [0.29, 0.717) is 23.5 Å². The Bertz CT molecular complexity index is 3480. The molecule has 0 bridgehead atoms. The van der Waals surface area contributed by atoms with E-state index in [9.17, 15) is 5.41 Å². The molecule has 10 aromatic rings. The van der Waals surface area contributed by atoms with Gasteiger partial charge in [-0.15, -0.1) is 0 Å². The molecule has 0 spiro atoms. The van der Waals surface area contributed by atoms with Gasteiger partial charge in [-0.1, -0.05) is 209 Å². The summed E-state index contributed by atoms with van der Waals surface area (Å²) in [4.78, 5) is 4.24. The van der Waals surface area contributed by atoms with Crippen molar-refractivity contribution in [3.8, 4) is 33.4 Å². The summed E-state index contributed by atoms with van der Waals surface area (Å²) in [6, 6.07) is 70.2. The van der Waals surface area contributed by atoms with Gasteiger partial charge < -0.3 is 0 Å². The molecule has 1 heterocycles. The molecule has 3 unspecified atom stereocenters. The molecule has 1 aliphatic carbocycles. The third kappa shape index (κ3) is 7.59. The predicted molar refractivity (Wildman–Crippen MR) is 287 cm³/mol. The predicted octanol–water partition coefficient (Wildman–Crippen LogP) is 17.6. The van der Waals surface area contributed by atoms with Crippen LogP contribution in [0.25, 0.3) is 87.6 Å². The van der Waals surface area contributed by atoms with Crippen molar-refractivity contribution in [2.45, 2.75) is 33.1 Å². The van der Waals surface area contributed by atoms with Crippen molar-refractivity contribution < 1.29 is 0 Å². The van der Waals surface area contributed by atoms with Gasteiger partial charge in [-0.2, -0.15) is 0 Å². The lowest BCUT2D eigenvalue weighted by Crippen LogP contribution is -2.16. The van der Waals surface area contributed by atoms with E-state index in [1.165, 1.54) is 76.8 Å².